The van der Waals surface area contributed by atoms with Crippen LogP contribution in [0.4, 0.5) is 4.39 Å². The quantitative estimate of drug-likeness (QED) is 0.830. The Labute approximate surface area is 110 Å². The Morgan fingerprint density at radius 2 is 2.06 bits per heavy atom. The van der Waals surface area contributed by atoms with E-state index in [0.29, 0.717) is 4.47 Å². The van der Waals surface area contributed by atoms with E-state index in [1.54, 1.807) is 18.0 Å². The highest BCUT2D eigenvalue weighted by Crippen LogP contribution is 2.22. The van der Waals surface area contributed by atoms with Gasteiger partial charge in [0.05, 0.1) is 5.56 Å². The highest BCUT2D eigenvalue weighted by atomic mass is 79.9. The van der Waals surface area contributed by atoms with Gasteiger partial charge in [-0.05, 0) is 38.5 Å². The Morgan fingerprint density at radius 3 is 2.53 bits per heavy atom. The molecule has 0 spiro atoms. The molecule has 0 unspecified atom stereocenters. The molecule has 1 aromatic carbocycles. The fraction of sp³-hybridized carbons (Fsp3) is 0.462. The van der Waals surface area contributed by atoms with Crippen molar-refractivity contribution in [1.29, 1.82) is 0 Å². The molecule has 0 aliphatic heterocycles. The Kier molecular flexibility index (Phi) is 4.31. The Hall–Kier alpha value is -0.900. The van der Waals surface area contributed by atoms with E-state index in [1.165, 1.54) is 12.1 Å². The molecule has 1 amide bonds. The van der Waals surface area contributed by atoms with Crippen LogP contribution >= 0.6 is 15.9 Å². The summed E-state index contributed by atoms with van der Waals surface area (Å²) in [6.07, 6.45) is 0.813. The molecule has 0 heterocycles. The number of hydrogen-bond acceptors (Lipinski definition) is 1. The van der Waals surface area contributed by atoms with Gasteiger partial charge in [0.2, 0.25) is 0 Å². The van der Waals surface area contributed by atoms with E-state index < -0.39 is 5.82 Å². The SMILES string of the molecule is CCC(C)(C)N(C)C(=O)c1ccc(Br)cc1F. The second-order valence-electron chi connectivity index (χ2n) is 4.65. The summed E-state index contributed by atoms with van der Waals surface area (Å²) < 4.78 is 14.3. The van der Waals surface area contributed by atoms with E-state index in [2.05, 4.69) is 15.9 Å². The molecule has 2 nitrogen and oxygen atoms in total. The normalized spacial score (nSPS) is 11.4. The first-order chi connectivity index (χ1) is 7.79. The molecule has 0 fully saturated rings. The van der Waals surface area contributed by atoms with Crippen LogP contribution < -0.4 is 0 Å². The summed E-state index contributed by atoms with van der Waals surface area (Å²) in [5.74, 6) is -0.787. The lowest BCUT2D eigenvalue weighted by atomic mass is 9.99. The minimum absolute atomic E-state index is 0.109. The van der Waals surface area contributed by atoms with Gasteiger partial charge in [-0.25, -0.2) is 4.39 Å². The van der Waals surface area contributed by atoms with Crippen LogP contribution in [0.25, 0.3) is 0 Å². The Morgan fingerprint density at radius 1 is 1.47 bits per heavy atom. The maximum absolute atomic E-state index is 13.7. The first-order valence-corrected chi connectivity index (χ1v) is 6.32. The van der Waals surface area contributed by atoms with E-state index >= 15 is 0 Å². The minimum atomic E-state index is -0.497. The molecule has 0 N–H and O–H groups in total. The van der Waals surface area contributed by atoms with E-state index in [9.17, 15) is 9.18 Å². The summed E-state index contributed by atoms with van der Waals surface area (Å²) in [5.41, 5.74) is -0.173. The molecule has 94 valence electrons. The van der Waals surface area contributed by atoms with Crippen LogP contribution in [-0.4, -0.2) is 23.4 Å². The zero-order chi connectivity index (χ0) is 13.2. The van der Waals surface area contributed by atoms with Crippen molar-refractivity contribution in [3.05, 3.63) is 34.1 Å². The smallest absolute Gasteiger partial charge is 0.257 e. The van der Waals surface area contributed by atoms with Gasteiger partial charge in [-0.1, -0.05) is 22.9 Å². The van der Waals surface area contributed by atoms with Gasteiger partial charge >= 0.3 is 0 Å². The summed E-state index contributed by atoms with van der Waals surface area (Å²) in [6, 6.07) is 4.48. The molecule has 0 radical (unpaired) electrons. The number of carbonyl (C=O) groups is 1. The van der Waals surface area contributed by atoms with Gasteiger partial charge in [-0.15, -0.1) is 0 Å². The van der Waals surface area contributed by atoms with Crippen molar-refractivity contribution in [2.24, 2.45) is 0 Å². The highest BCUT2D eigenvalue weighted by Gasteiger charge is 2.27. The molecule has 0 aromatic heterocycles. The van der Waals surface area contributed by atoms with E-state index in [0.717, 1.165) is 6.42 Å². The minimum Gasteiger partial charge on any atom is -0.337 e. The molecule has 17 heavy (non-hydrogen) atoms. The second kappa shape index (κ2) is 5.17. The number of halogens is 2. The third kappa shape index (κ3) is 3.06. The third-order valence-corrected chi connectivity index (χ3v) is 3.73. The topological polar surface area (TPSA) is 20.3 Å². The molecule has 0 atom stereocenters. The molecular formula is C13H17BrFNO. The average Bonchev–Trinajstić information content (AvgIpc) is 2.27. The van der Waals surface area contributed by atoms with E-state index in [-0.39, 0.29) is 17.0 Å². The maximum Gasteiger partial charge on any atom is 0.257 e. The first-order valence-electron chi connectivity index (χ1n) is 5.53. The molecule has 4 heteroatoms. The molecule has 0 aliphatic rings. The van der Waals surface area contributed by atoms with Gasteiger partial charge in [0.25, 0.3) is 5.91 Å². The van der Waals surface area contributed by atoms with Gasteiger partial charge in [-0.3, -0.25) is 4.79 Å². The second-order valence-corrected chi connectivity index (χ2v) is 5.57. The van der Waals surface area contributed by atoms with Crippen molar-refractivity contribution in [2.45, 2.75) is 32.7 Å². The highest BCUT2D eigenvalue weighted by molar-refractivity contribution is 9.10. The lowest BCUT2D eigenvalue weighted by Gasteiger charge is -2.35. The van der Waals surface area contributed by atoms with Crippen LogP contribution in [0.3, 0.4) is 0 Å². The van der Waals surface area contributed by atoms with Gasteiger partial charge < -0.3 is 4.90 Å². The summed E-state index contributed by atoms with van der Waals surface area (Å²) in [4.78, 5) is 13.7. The molecule has 0 saturated heterocycles. The van der Waals surface area contributed by atoms with Gasteiger partial charge in [0.1, 0.15) is 5.82 Å². The average molecular weight is 302 g/mol. The van der Waals surface area contributed by atoms with E-state index in [4.69, 9.17) is 0 Å². The first kappa shape index (κ1) is 14.2. The summed E-state index contributed by atoms with van der Waals surface area (Å²) in [5, 5.41) is 0. The molecule has 1 aromatic rings. The summed E-state index contributed by atoms with van der Waals surface area (Å²) >= 11 is 3.17. The number of benzene rings is 1. The monoisotopic (exact) mass is 301 g/mol. The van der Waals surface area contributed by atoms with Crippen molar-refractivity contribution >= 4 is 21.8 Å². The van der Waals surface area contributed by atoms with Crippen LogP contribution in [-0.2, 0) is 0 Å². The fourth-order valence-electron chi connectivity index (χ4n) is 1.36. The maximum atomic E-state index is 13.7. The van der Waals surface area contributed by atoms with Crippen LogP contribution in [0.15, 0.2) is 22.7 Å². The molecule has 0 aliphatic carbocycles. The van der Waals surface area contributed by atoms with Crippen molar-refractivity contribution in [2.75, 3.05) is 7.05 Å². The van der Waals surface area contributed by atoms with Crippen molar-refractivity contribution < 1.29 is 9.18 Å². The fourth-order valence-corrected chi connectivity index (χ4v) is 1.69. The van der Waals surface area contributed by atoms with E-state index in [1.807, 2.05) is 20.8 Å². The van der Waals surface area contributed by atoms with Crippen LogP contribution in [0, 0.1) is 5.82 Å². The predicted octanol–water partition coefficient (Wildman–Crippen LogP) is 3.85. The van der Waals surface area contributed by atoms with Gasteiger partial charge in [-0.2, -0.15) is 0 Å². The lowest BCUT2D eigenvalue weighted by Crippen LogP contribution is -2.44. The summed E-state index contributed by atoms with van der Waals surface area (Å²) in [7, 11) is 1.70. The van der Waals surface area contributed by atoms with Crippen molar-refractivity contribution in [3.8, 4) is 0 Å². The number of amides is 1. The zero-order valence-corrected chi connectivity index (χ0v) is 12.1. The standard InChI is InChI=1S/C13H17BrFNO/c1-5-13(2,3)16(4)12(17)10-7-6-9(14)8-11(10)15/h6-8H,5H2,1-4H3. The van der Waals surface area contributed by atoms with Crippen molar-refractivity contribution in [1.82, 2.24) is 4.90 Å². The number of hydrogen-bond donors (Lipinski definition) is 0. The molecule has 0 saturated carbocycles. The Balaban J connectivity index is 3.05. The third-order valence-electron chi connectivity index (χ3n) is 3.24. The molecular weight excluding hydrogens is 285 g/mol. The largest absolute Gasteiger partial charge is 0.337 e. The van der Waals surface area contributed by atoms with Gasteiger partial charge in [0, 0.05) is 17.1 Å². The molecule has 0 bridgehead atoms. The summed E-state index contributed by atoms with van der Waals surface area (Å²) in [6.45, 7) is 5.92. The molecule has 1 rings (SSSR count). The van der Waals surface area contributed by atoms with Crippen LogP contribution in [0.2, 0.25) is 0 Å². The van der Waals surface area contributed by atoms with Crippen LogP contribution in [0.1, 0.15) is 37.6 Å². The lowest BCUT2D eigenvalue weighted by molar-refractivity contribution is 0.0615. The zero-order valence-electron chi connectivity index (χ0n) is 10.6. The number of rotatable bonds is 3. The number of nitrogens with zero attached hydrogens (tertiary/aromatic N) is 1. The van der Waals surface area contributed by atoms with Crippen molar-refractivity contribution in [3.63, 3.8) is 0 Å². The van der Waals surface area contributed by atoms with Crippen LogP contribution in [0.5, 0.6) is 0 Å². The predicted molar refractivity (Wildman–Crippen MR) is 70.6 cm³/mol. The Bertz CT molecular complexity index is 431. The van der Waals surface area contributed by atoms with Gasteiger partial charge in [0.15, 0.2) is 0 Å². The number of carbonyl (C=O) groups excluding carboxylic acids is 1.